The highest BCUT2D eigenvalue weighted by molar-refractivity contribution is 7.92. The first-order valence-electron chi connectivity index (χ1n) is 22.3. The maximum absolute atomic E-state index is 13.9. The number of hydrogen-bond donors (Lipinski definition) is 4. The van der Waals surface area contributed by atoms with E-state index in [-0.39, 0.29) is 57.7 Å². The van der Waals surface area contributed by atoms with Crippen LogP contribution in [-0.2, 0) is 20.0 Å². The number of fused-ring (bicyclic) bond motifs is 2. The molecule has 4 aliphatic rings. The Balaban J connectivity index is 0.000000179. The third kappa shape index (κ3) is 10.8. The van der Waals surface area contributed by atoms with Gasteiger partial charge in [0.25, 0.3) is 11.8 Å². The number of halogens is 4. The second kappa shape index (κ2) is 19.8. The highest BCUT2D eigenvalue weighted by Crippen LogP contribution is 2.38. The molecule has 2 aromatic carbocycles. The van der Waals surface area contributed by atoms with Crippen LogP contribution in [0.5, 0.6) is 0 Å². The summed E-state index contributed by atoms with van der Waals surface area (Å²) in [5.74, 6) is 0.839. The van der Waals surface area contributed by atoms with Gasteiger partial charge in [-0.05, 0) is 74.9 Å². The highest BCUT2D eigenvalue weighted by Gasteiger charge is 2.36. The van der Waals surface area contributed by atoms with Crippen molar-refractivity contribution in [3.63, 3.8) is 0 Å². The molecule has 4 N–H and O–H groups in total. The first-order chi connectivity index (χ1) is 33.2. The molecule has 6 aromatic rings. The molecule has 4 fully saturated rings. The minimum absolute atomic E-state index is 0.174. The molecule has 4 saturated heterocycles. The number of rotatable bonds is 10. The van der Waals surface area contributed by atoms with Gasteiger partial charge < -0.3 is 29.8 Å². The van der Waals surface area contributed by atoms with Crippen molar-refractivity contribution in [1.82, 2.24) is 39.0 Å². The van der Waals surface area contributed by atoms with E-state index in [1.165, 1.54) is 47.0 Å². The van der Waals surface area contributed by atoms with Crippen LogP contribution in [0.4, 0.5) is 23.0 Å². The van der Waals surface area contributed by atoms with E-state index in [4.69, 9.17) is 56.5 Å². The SMILES string of the molecule is CS(=O)(=O)Nc1ccc(Cl)cc1C(=O)N1CCCC[C@H]1c1cc2nc(Cl)cc(Cl)n2n1.CS(=O)(=O)Nc1ccc(Cl)cc1C(=O)N1CCCC[C@H]1c1cc2nc(N3CC(O)C3)cc(N3CC(O)C3)n2n1. The van der Waals surface area contributed by atoms with Gasteiger partial charge in [-0.3, -0.25) is 19.0 Å². The van der Waals surface area contributed by atoms with Gasteiger partial charge in [0.2, 0.25) is 20.0 Å². The molecule has 0 bridgehead atoms. The minimum atomic E-state index is -3.62. The number of amides is 2. The summed E-state index contributed by atoms with van der Waals surface area (Å²) in [5, 5.41) is 30.3. The van der Waals surface area contributed by atoms with E-state index in [0.717, 1.165) is 49.8 Å². The van der Waals surface area contributed by atoms with E-state index in [9.17, 15) is 36.6 Å². The summed E-state index contributed by atoms with van der Waals surface area (Å²) in [4.78, 5) is 43.8. The smallest absolute Gasteiger partial charge is 0.256 e. The summed E-state index contributed by atoms with van der Waals surface area (Å²) in [6.07, 6.45) is 6.09. The molecule has 10 rings (SSSR count). The Morgan fingerprint density at radius 3 is 1.57 bits per heavy atom. The van der Waals surface area contributed by atoms with Crippen molar-refractivity contribution in [3.8, 4) is 0 Å². The van der Waals surface area contributed by atoms with Gasteiger partial charge in [-0.2, -0.15) is 14.7 Å². The summed E-state index contributed by atoms with van der Waals surface area (Å²) in [6, 6.07) is 15.3. The van der Waals surface area contributed by atoms with Crippen LogP contribution >= 0.6 is 46.4 Å². The van der Waals surface area contributed by atoms with Gasteiger partial charge in [0.1, 0.15) is 21.9 Å². The van der Waals surface area contributed by atoms with Crippen LogP contribution in [0.1, 0.15) is 82.7 Å². The second-order valence-electron chi connectivity index (χ2n) is 17.8. The molecule has 0 aliphatic carbocycles. The number of aliphatic hydroxyl groups is 2. The number of β-amino-alcohol motifs (C(OH)–C–C–N with tert-alkyl or cyclic N) is 2. The van der Waals surface area contributed by atoms with Crippen molar-refractivity contribution in [2.75, 3.05) is 71.0 Å². The summed E-state index contributed by atoms with van der Waals surface area (Å²) in [5.41, 5.74) is 3.10. The van der Waals surface area contributed by atoms with Gasteiger partial charge in [-0.1, -0.05) is 46.4 Å². The first-order valence-corrected chi connectivity index (χ1v) is 27.6. The fourth-order valence-corrected chi connectivity index (χ4v) is 11.1. The number of aromatic nitrogens is 6. The van der Waals surface area contributed by atoms with Crippen molar-refractivity contribution < 1.29 is 36.6 Å². The van der Waals surface area contributed by atoms with Crippen LogP contribution < -0.4 is 19.2 Å². The Morgan fingerprint density at radius 2 is 1.09 bits per heavy atom. The quantitative estimate of drug-likeness (QED) is 0.117. The van der Waals surface area contributed by atoms with Crippen LogP contribution in [0.15, 0.2) is 60.7 Å². The Bertz CT molecular complexity index is 3240. The highest BCUT2D eigenvalue weighted by atomic mass is 35.5. The van der Waals surface area contributed by atoms with Gasteiger partial charge in [-0.25, -0.2) is 31.3 Å². The lowest BCUT2D eigenvalue weighted by Crippen LogP contribution is -2.53. The lowest BCUT2D eigenvalue weighted by molar-refractivity contribution is 0.0600. The fraction of sp³-hybridized carbons (Fsp3) is 0.409. The zero-order valence-corrected chi connectivity index (χ0v) is 42.4. The van der Waals surface area contributed by atoms with Gasteiger partial charge in [0.05, 0.1) is 70.7 Å². The molecule has 0 unspecified atom stereocenters. The van der Waals surface area contributed by atoms with Crippen molar-refractivity contribution >= 4 is 113 Å². The first kappa shape index (κ1) is 49.8. The summed E-state index contributed by atoms with van der Waals surface area (Å²) < 4.78 is 55.5. The number of nitrogens with one attached hydrogen (secondary N) is 2. The molecule has 372 valence electrons. The topological polar surface area (TPSA) is 240 Å². The number of hydrogen-bond acceptors (Lipinski definition) is 14. The molecule has 70 heavy (non-hydrogen) atoms. The molecule has 2 atom stereocenters. The van der Waals surface area contributed by atoms with Crippen LogP contribution in [0.25, 0.3) is 11.3 Å². The second-order valence-corrected chi connectivity index (χ2v) is 23.0. The zero-order chi connectivity index (χ0) is 49.8. The van der Waals surface area contributed by atoms with E-state index in [2.05, 4.69) is 19.5 Å². The van der Waals surface area contributed by atoms with Crippen molar-refractivity contribution in [3.05, 3.63) is 104 Å². The normalized spacial score (nSPS) is 19.1. The number of carbonyl (C=O) groups is 2. The number of piperidine rings is 2. The number of aliphatic hydroxyl groups excluding tert-OH is 2. The number of likely N-dealkylation sites (tertiary alicyclic amines) is 2. The number of sulfonamides is 2. The molecule has 0 radical (unpaired) electrons. The Hall–Kier alpha value is -5.20. The van der Waals surface area contributed by atoms with Gasteiger partial charge in [-0.15, -0.1) is 0 Å². The number of carbonyl (C=O) groups excluding carboxylic acids is 2. The third-order valence-corrected chi connectivity index (χ3v) is 14.5. The van der Waals surface area contributed by atoms with Crippen LogP contribution in [-0.4, -0.2) is 142 Å². The molecule has 4 aromatic heterocycles. The number of anilines is 4. The monoisotopic (exact) mass is 1080 g/mol. The Labute approximate surface area is 423 Å². The summed E-state index contributed by atoms with van der Waals surface area (Å²) >= 11 is 24.5. The number of nitrogens with zero attached hydrogens (tertiary/aromatic N) is 10. The summed E-state index contributed by atoms with van der Waals surface area (Å²) in [7, 11) is -7.20. The Morgan fingerprint density at radius 1 is 0.614 bits per heavy atom. The molecular formula is C44H48Cl4N12O8S2. The molecule has 20 nitrogen and oxygen atoms in total. The lowest BCUT2D eigenvalue weighted by Gasteiger charge is -2.40. The van der Waals surface area contributed by atoms with E-state index in [0.29, 0.717) is 90.0 Å². The molecule has 4 aliphatic heterocycles. The summed E-state index contributed by atoms with van der Waals surface area (Å²) in [6.45, 7) is 2.94. The standard InChI is InChI=1S/C25H30ClN7O5S.C19H18Cl3N5O3S/c1-39(37,38)29-19-6-5-15(26)8-18(19)25(36)32-7-3-2-4-21(32)20-9-23-27-22(30-11-16(34)12-30)10-24(33(23)28-20)31-13-17(35)14-31;1-31(29,30)25-13-6-5-11(20)8-12(13)19(28)26-7-3-2-4-15(26)14-9-18-23-16(21)10-17(22)27(18)24-14/h5-6,8-10,16-17,21,29,34-35H,2-4,7,11-14H2,1H3;5-6,8-10,15,25H,2-4,7H2,1H3/t21-;15-/m00/s1. The van der Waals surface area contributed by atoms with Crippen LogP contribution in [0, 0.1) is 0 Å². The van der Waals surface area contributed by atoms with Crippen molar-refractivity contribution in [2.45, 2.75) is 62.8 Å². The van der Waals surface area contributed by atoms with Gasteiger partial charge in [0, 0.05) is 73.6 Å². The fourth-order valence-electron chi connectivity index (χ4n) is 9.13. The molecule has 0 spiro atoms. The lowest BCUT2D eigenvalue weighted by atomic mass is 9.98. The van der Waals surface area contributed by atoms with Gasteiger partial charge in [0.15, 0.2) is 11.3 Å². The maximum Gasteiger partial charge on any atom is 0.256 e. The predicted octanol–water partition coefficient (Wildman–Crippen LogP) is 5.91. The van der Waals surface area contributed by atoms with Crippen LogP contribution in [0.2, 0.25) is 20.4 Å². The van der Waals surface area contributed by atoms with E-state index in [1.54, 1.807) is 20.4 Å². The maximum atomic E-state index is 13.9. The van der Waals surface area contributed by atoms with E-state index < -0.39 is 26.2 Å². The average molecular weight is 1080 g/mol. The molecule has 2 amide bonds. The molecule has 0 saturated carbocycles. The molecular weight excluding hydrogens is 1030 g/mol. The van der Waals surface area contributed by atoms with Crippen molar-refractivity contribution in [2.24, 2.45) is 0 Å². The Kier molecular flexibility index (Phi) is 14.1. The third-order valence-electron chi connectivity index (χ3n) is 12.4. The van der Waals surface area contributed by atoms with Crippen molar-refractivity contribution in [1.29, 1.82) is 0 Å². The molecule has 8 heterocycles. The van der Waals surface area contributed by atoms with Crippen LogP contribution in [0.3, 0.4) is 0 Å². The van der Waals surface area contributed by atoms with E-state index in [1.807, 2.05) is 21.9 Å². The predicted molar refractivity (Wildman–Crippen MR) is 268 cm³/mol. The average Bonchev–Trinajstić information content (AvgIpc) is 3.92. The largest absolute Gasteiger partial charge is 0.389 e. The van der Waals surface area contributed by atoms with E-state index >= 15 is 0 Å². The number of benzene rings is 2. The van der Waals surface area contributed by atoms with Gasteiger partial charge >= 0.3 is 0 Å². The molecule has 26 heteroatoms. The minimum Gasteiger partial charge on any atom is -0.389 e. The zero-order valence-electron chi connectivity index (χ0n) is 37.7.